The van der Waals surface area contributed by atoms with Gasteiger partial charge in [-0.1, -0.05) is 42.5 Å². The standard InChI is InChI=1S/C28H35N3O4S/c1-18(17-32)31-22-25(35)30(26(2,3)4)16-10-14-28(22)21(24(31)34)20-23(33)29(19-11-7-6-8-12-19)15-9-13-27(20,5)36-28/h6-14,18,20-22,32H,15-17H2,1-5H3/t18-,20+,21+,22?,27-,28+/m1/s1. The molecule has 0 aliphatic carbocycles. The van der Waals surface area contributed by atoms with Gasteiger partial charge in [0.25, 0.3) is 0 Å². The highest BCUT2D eigenvalue weighted by molar-refractivity contribution is 8.02. The van der Waals surface area contributed by atoms with Crippen molar-refractivity contribution in [2.45, 2.75) is 61.7 Å². The van der Waals surface area contributed by atoms with Crippen LogP contribution in [-0.4, -0.2) is 79.4 Å². The molecule has 1 aromatic rings. The van der Waals surface area contributed by atoms with Crippen molar-refractivity contribution < 1.29 is 19.5 Å². The second-order valence-electron chi connectivity index (χ2n) is 11.5. The van der Waals surface area contributed by atoms with Gasteiger partial charge in [-0.2, -0.15) is 0 Å². The number of hydrogen-bond donors (Lipinski definition) is 1. The summed E-state index contributed by atoms with van der Waals surface area (Å²) in [5, 5.41) is 10.1. The number of thioether (sulfide) groups is 1. The minimum absolute atomic E-state index is 0.105. The van der Waals surface area contributed by atoms with Gasteiger partial charge in [-0.25, -0.2) is 0 Å². The molecule has 1 unspecified atom stereocenters. The number of rotatable bonds is 3. The van der Waals surface area contributed by atoms with Gasteiger partial charge in [0, 0.05) is 29.1 Å². The molecule has 8 heteroatoms. The summed E-state index contributed by atoms with van der Waals surface area (Å²) >= 11 is 1.57. The molecule has 4 heterocycles. The molecule has 1 spiro atoms. The van der Waals surface area contributed by atoms with E-state index in [0.29, 0.717) is 13.1 Å². The minimum atomic E-state index is -0.906. The Labute approximate surface area is 217 Å². The summed E-state index contributed by atoms with van der Waals surface area (Å²) in [6.45, 7) is 10.4. The van der Waals surface area contributed by atoms with Crippen LogP contribution in [0.5, 0.6) is 0 Å². The number of aliphatic hydroxyl groups is 1. The average Bonchev–Trinajstić information content (AvgIpc) is 3.10. The van der Waals surface area contributed by atoms with E-state index < -0.39 is 39.0 Å². The van der Waals surface area contributed by atoms with E-state index in [-0.39, 0.29) is 24.3 Å². The number of hydrogen-bond acceptors (Lipinski definition) is 5. The lowest BCUT2D eigenvalue weighted by atomic mass is 9.74. The molecule has 1 aromatic carbocycles. The summed E-state index contributed by atoms with van der Waals surface area (Å²) in [6, 6.07) is 8.18. The molecule has 4 aliphatic rings. The lowest BCUT2D eigenvalue weighted by molar-refractivity contribution is -0.147. The van der Waals surface area contributed by atoms with E-state index in [9.17, 15) is 19.5 Å². The van der Waals surface area contributed by atoms with Crippen molar-refractivity contribution in [1.82, 2.24) is 9.80 Å². The first kappa shape index (κ1) is 25.1. The molecule has 1 N–H and O–H groups in total. The lowest BCUT2D eigenvalue weighted by Crippen LogP contribution is -2.59. The third kappa shape index (κ3) is 3.48. The number of nitrogens with zero attached hydrogens (tertiary/aromatic N) is 3. The smallest absolute Gasteiger partial charge is 0.247 e. The van der Waals surface area contributed by atoms with Crippen LogP contribution < -0.4 is 4.90 Å². The number of likely N-dealkylation sites (tertiary alicyclic amines) is 1. The Hall–Kier alpha value is -2.58. The van der Waals surface area contributed by atoms with E-state index in [2.05, 4.69) is 6.08 Å². The largest absolute Gasteiger partial charge is 0.394 e. The predicted molar refractivity (Wildman–Crippen MR) is 141 cm³/mol. The monoisotopic (exact) mass is 509 g/mol. The van der Waals surface area contributed by atoms with Crippen LogP contribution in [-0.2, 0) is 14.4 Å². The van der Waals surface area contributed by atoms with Crippen LogP contribution in [0.2, 0.25) is 0 Å². The molecule has 192 valence electrons. The predicted octanol–water partition coefficient (Wildman–Crippen LogP) is 2.85. The van der Waals surface area contributed by atoms with Gasteiger partial charge >= 0.3 is 0 Å². The quantitative estimate of drug-likeness (QED) is 0.634. The van der Waals surface area contributed by atoms with Crippen molar-refractivity contribution in [3.63, 3.8) is 0 Å². The maximum absolute atomic E-state index is 14.3. The van der Waals surface area contributed by atoms with E-state index in [0.717, 1.165) is 5.69 Å². The molecule has 2 saturated heterocycles. The normalized spacial score (nSPS) is 34.9. The van der Waals surface area contributed by atoms with E-state index in [4.69, 9.17) is 0 Å². The SMILES string of the molecule is C[C@H](CO)N1C(=O)[C@@H]2[C@H]3C(=O)N(c4ccccc4)CC=C[C@@]3(C)S[C@@]23C=CCN(C(C)(C)C)C(=O)C13. The Balaban J connectivity index is 1.67. The molecule has 0 bridgehead atoms. The number of fused-ring (bicyclic) bond motifs is 2. The third-order valence-electron chi connectivity index (χ3n) is 8.11. The van der Waals surface area contributed by atoms with E-state index in [1.807, 2.05) is 76.3 Å². The summed E-state index contributed by atoms with van der Waals surface area (Å²) in [5.41, 5.74) is 0.343. The Kier molecular flexibility index (Phi) is 5.91. The van der Waals surface area contributed by atoms with Gasteiger partial charge in [0.2, 0.25) is 17.7 Å². The highest BCUT2D eigenvalue weighted by Crippen LogP contribution is 2.66. The van der Waals surface area contributed by atoms with E-state index in [1.54, 1.807) is 33.4 Å². The second-order valence-corrected chi connectivity index (χ2v) is 13.3. The van der Waals surface area contributed by atoms with Crippen LogP contribution in [0.1, 0.15) is 34.6 Å². The van der Waals surface area contributed by atoms with Gasteiger partial charge < -0.3 is 19.8 Å². The van der Waals surface area contributed by atoms with E-state index >= 15 is 0 Å². The first-order valence-corrected chi connectivity index (χ1v) is 13.4. The van der Waals surface area contributed by atoms with Gasteiger partial charge in [0.15, 0.2) is 0 Å². The highest BCUT2D eigenvalue weighted by atomic mass is 32.2. The van der Waals surface area contributed by atoms with Crippen LogP contribution in [0, 0.1) is 11.8 Å². The Bertz CT molecular complexity index is 1150. The van der Waals surface area contributed by atoms with Crippen LogP contribution in [0.4, 0.5) is 5.69 Å². The zero-order chi connectivity index (χ0) is 26.0. The Morgan fingerprint density at radius 2 is 1.67 bits per heavy atom. The van der Waals surface area contributed by atoms with Crippen LogP contribution in [0.3, 0.4) is 0 Å². The maximum Gasteiger partial charge on any atom is 0.247 e. The molecule has 4 aliphatic heterocycles. The molecule has 2 fully saturated rings. The number of amides is 3. The van der Waals surface area contributed by atoms with Crippen molar-refractivity contribution in [2.75, 3.05) is 24.6 Å². The van der Waals surface area contributed by atoms with Crippen molar-refractivity contribution in [3.05, 3.63) is 54.6 Å². The Morgan fingerprint density at radius 1 is 1.00 bits per heavy atom. The average molecular weight is 510 g/mol. The second kappa shape index (κ2) is 8.48. The number of carbonyl (C=O) groups is 3. The fraction of sp³-hybridized carbons (Fsp3) is 0.536. The number of para-hydroxylation sites is 1. The van der Waals surface area contributed by atoms with Gasteiger partial charge in [-0.05, 0) is 46.8 Å². The van der Waals surface area contributed by atoms with Crippen LogP contribution in [0.25, 0.3) is 0 Å². The molecule has 6 atom stereocenters. The number of aliphatic hydroxyl groups excluding tert-OH is 1. The van der Waals surface area contributed by atoms with Crippen molar-refractivity contribution in [1.29, 1.82) is 0 Å². The molecule has 3 amide bonds. The summed E-state index contributed by atoms with van der Waals surface area (Å²) in [4.78, 5) is 47.9. The minimum Gasteiger partial charge on any atom is -0.394 e. The van der Waals surface area contributed by atoms with Gasteiger partial charge in [-0.3, -0.25) is 14.4 Å². The maximum atomic E-state index is 14.3. The lowest BCUT2D eigenvalue weighted by Gasteiger charge is -2.42. The van der Waals surface area contributed by atoms with Crippen molar-refractivity contribution in [2.24, 2.45) is 11.8 Å². The third-order valence-corrected chi connectivity index (χ3v) is 9.91. The number of benzene rings is 1. The molecule has 5 rings (SSSR count). The molecular formula is C28H35N3O4S. The van der Waals surface area contributed by atoms with E-state index in [1.165, 1.54) is 0 Å². The highest BCUT2D eigenvalue weighted by Gasteiger charge is 2.74. The fourth-order valence-electron chi connectivity index (χ4n) is 6.47. The zero-order valence-corrected chi connectivity index (χ0v) is 22.4. The van der Waals surface area contributed by atoms with Gasteiger partial charge in [0.1, 0.15) is 6.04 Å². The van der Waals surface area contributed by atoms with Crippen molar-refractivity contribution >= 4 is 35.2 Å². The van der Waals surface area contributed by atoms with Crippen LogP contribution in [0.15, 0.2) is 54.6 Å². The fourth-order valence-corrected chi connectivity index (χ4v) is 8.61. The van der Waals surface area contributed by atoms with Gasteiger partial charge in [-0.15, -0.1) is 11.8 Å². The molecule has 7 nitrogen and oxygen atoms in total. The molecule has 36 heavy (non-hydrogen) atoms. The first-order valence-electron chi connectivity index (χ1n) is 12.6. The first-order chi connectivity index (χ1) is 17.0. The molecule has 0 saturated carbocycles. The molecule has 0 radical (unpaired) electrons. The summed E-state index contributed by atoms with van der Waals surface area (Å²) in [7, 11) is 0. The zero-order valence-electron chi connectivity index (χ0n) is 21.5. The van der Waals surface area contributed by atoms with Crippen LogP contribution >= 0.6 is 11.8 Å². The molecule has 0 aromatic heterocycles. The number of anilines is 1. The van der Waals surface area contributed by atoms with Crippen molar-refractivity contribution in [3.8, 4) is 0 Å². The Morgan fingerprint density at radius 3 is 2.31 bits per heavy atom. The number of carbonyl (C=O) groups excluding carboxylic acids is 3. The van der Waals surface area contributed by atoms with Gasteiger partial charge in [0.05, 0.1) is 29.2 Å². The molecular weight excluding hydrogens is 474 g/mol. The summed E-state index contributed by atoms with van der Waals surface area (Å²) in [6.07, 6.45) is 8.08. The summed E-state index contributed by atoms with van der Waals surface area (Å²) < 4.78 is -1.56. The topological polar surface area (TPSA) is 81.2 Å². The summed E-state index contributed by atoms with van der Waals surface area (Å²) in [5.74, 6) is -1.83.